The maximum atomic E-state index is 6.06. The minimum absolute atomic E-state index is 0.237. The van der Waals surface area contributed by atoms with Gasteiger partial charge >= 0.3 is 0 Å². The maximum Gasteiger partial charge on any atom is 0.0726 e. The molecule has 0 bridgehead atoms. The van der Waals surface area contributed by atoms with Crippen molar-refractivity contribution in [2.24, 2.45) is 0 Å². The van der Waals surface area contributed by atoms with E-state index < -0.39 is 0 Å². The molecule has 0 amide bonds. The first-order valence-electron chi connectivity index (χ1n) is 5.85. The standard InChI is InChI=1S/C13H17Cl2NO/c1-9-7-16(8-10(2)17-9)13-5-12(15)4-3-11(13)6-14/h3-5,9-10H,6-8H2,1-2H3. The predicted molar refractivity (Wildman–Crippen MR) is 73.2 cm³/mol. The highest BCUT2D eigenvalue weighted by Gasteiger charge is 2.23. The third-order valence-electron chi connectivity index (χ3n) is 2.95. The Bertz CT molecular complexity index is 387. The first kappa shape index (κ1) is 13.0. The van der Waals surface area contributed by atoms with Crippen LogP contribution in [0.2, 0.25) is 5.02 Å². The van der Waals surface area contributed by atoms with Crippen molar-refractivity contribution in [1.29, 1.82) is 0 Å². The van der Waals surface area contributed by atoms with Crippen LogP contribution in [0.1, 0.15) is 19.4 Å². The van der Waals surface area contributed by atoms with Crippen molar-refractivity contribution in [2.45, 2.75) is 31.9 Å². The fourth-order valence-corrected chi connectivity index (χ4v) is 2.71. The zero-order chi connectivity index (χ0) is 12.4. The minimum Gasteiger partial charge on any atom is -0.372 e. The van der Waals surface area contributed by atoms with E-state index in [-0.39, 0.29) is 12.2 Å². The molecule has 17 heavy (non-hydrogen) atoms. The number of benzene rings is 1. The van der Waals surface area contributed by atoms with Crippen LogP contribution in [-0.2, 0) is 10.6 Å². The van der Waals surface area contributed by atoms with E-state index in [1.54, 1.807) is 0 Å². The van der Waals surface area contributed by atoms with Crippen LogP contribution >= 0.6 is 23.2 Å². The van der Waals surface area contributed by atoms with E-state index in [9.17, 15) is 0 Å². The van der Waals surface area contributed by atoms with Gasteiger partial charge in [-0.15, -0.1) is 11.6 Å². The number of alkyl halides is 1. The first-order chi connectivity index (χ1) is 8.10. The van der Waals surface area contributed by atoms with Crippen molar-refractivity contribution in [2.75, 3.05) is 18.0 Å². The highest BCUT2D eigenvalue weighted by molar-refractivity contribution is 6.31. The van der Waals surface area contributed by atoms with Crippen molar-refractivity contribution in [3.63, 3.8) is 0 Å². The van der Waals surface area contributed by atoms with Gasteiger partial charge in [0.2, 0.25) is 0 Å². The summed E-state index contributed by atoms with van der Waals surface area (Å²) in [5.74, 6) is 0.507. The molecule has 1 heterocycles. The van der Waals surface area contributed by atoms with E-state index in [0.29, 0.717) is 5.88 Å². The molecule has 2 rings (SSSR count). The van der Waals surface area contributed by atoms with Crippen LogP contribution < -0.4 is 4.90 Å². The van der Waals surface area contributed by atoms with Gasteiger partial charge in [-0.3, -0.25) is 0 Å². The van der Waals surface area contributed by atoms with Crippen LogP contribution in [0.15, 0.2) is 18.2 Å². The van der Waals surface area contributed by atoms with Crippen LogP contribution in [0.4, 0.5) is 5.69 Å². The molecule has 2 unspecified atom stereocenters. The van der Waals surface area contributed by atoms with E-state index in [4.69, 9.17) is 27.9 Å². The smallest absolute Gasteiger partial charge is 0.0726 e. The fraction of sp³-hybridized carbons (Fsp3) is 0.538. The number of hydrogen-bond acceptors (Lipinski definition) is 2. The topological polar surface area (TPSA) is 12.5 Å². The molecule has 94 valence electrons. The molecule has 0 N–H and O–H groups in total. The van der Waals surface area contributed by atoms with Crippen LogP contribution in [0, 0.1) is 0 Å². The summed E-state index contributed by atoms with van der Waals surface area (Å²) in [6.07, 6.45) is 0.474. The molecule has 1 aromatic carbocycles. The molecule has 4 heteroatoms. The maximum absolute atomic E-state index is 6.06. The molecule has 0 aromatic heterocycles. The molecule has 2 nitrogen and oxygen atoms in total. The number of nitrogens with zero attached hydrogens (tertiary/aromatic N) is 1. The SMILES string of the molecule is CC1CN(c2cc(Cl)ccc2CCl)CC(C)O1. The Morgan fingerprint density at radius 3 is 2.53 bits per heavy atom. The molecule has 2 atom stereocenters. The van der Waals surface area contributed by atoms with Gasteiger partial charge in [-0.25, -0.2) is 0 Å². The quantitative estimate of drug-likeness (QED) is 0.762. The lowest BCUT2D eigenvalue weighted by atomic mass is 10.1. The summed E-state index contributed by atoms with van der Waals surface area (Å²) in [6.45, 7) is 5.95. The number of halogens is 2. The van der Waals surface area contributed by atoms with Crippen molar-refractivity contribution in [3.8, 4) is 0 Å². The highest BCUT2D eigenvalue weighted by atomic mass is 35.5. The van der Waals surface area contributed by atoms with Gasteiger partial charge in [0.05, 0.1) is 12.2 Å². The molecule has 1 aliphatic rings. The summed E-state index contributed by atoms with van der Waals surface area (Å²) in [6, 6.07) is 5.87. The largest absolute Gasteiger partial charge is 0.372 e. The molecule has 0 spiro atoms. The average molecular weight is 274 g/mol. The number of anilines is 1. The number of morpholine rings is 1. The Balaban J connectivity index is 2.28. The Labute approximate surface area is 112 Å². The average Bonchev–Trinajstić information content (AvgIpc) is 2.27. The molecule has 1 aromatic rings. The second kappa shape index (κ2) is 5.47. The van der Waals surface area contributed by atoms with Gasteiger partial charge in [0, 0.05) is 29.7 Å². The summed E-state index contributed by atoms with van der Waals surface area (Å²) in [5.41, 5.74) is 2.26. The number of ether oxygens (including phenoxy) is 1. The van der Waals surface area contributed by atoms with E-state index in [2.05, 4.69) is 18.7 Å². The lowest BCUT2D eigenvalue weighted by Crippen LogP contribution is -2.45. The van der Waals surface area contributed by atoms with E-state index in [1.165, 1.54) is 0 Å². The van der Waals surface area contributed by atoms with Gasteiger partial charge in [0.25, 0.3) is 0 Å². The van der Waals surface area contributed by atoms with Crippen molar-refractivity contribution in [1.82, 2.24) is 0 Å². The summed E-state index contributed by atoms with van der Waals surface area (Å²) in [5, 5.41) is 0.751. The molecule has 1 fully saturated rings. The Kier molecular flexibility index (Phi) is 4.18. The summed E-state index contributed by atoms with van der Waals surface area (Å²) < 4.78 is 5.73. The number of rotatable bonds is 2. The van der Waals surface area contributed by atoms with Crippen molar-refractivity contribution < 1.29 is 4.74 Å². The van der Waals surface area contributed by atoms with E-state index in [1.807, 2.05) is 18.2 Å². The lowest BCUT2D eigenvalue weighted by molar-refractivity contribution is -0.00524. The second-order valence-electron chi connectivity index (χ2n) is 4.57. The van der Waals surface area contributed by atoms with Crippen LogP contribution in [0.3, 0.4) is 0 Å². The third kappa shape index (κ3) is 3.06. The molecular weight excluding hydrogens is 257 g/mol. The van der Waals surface area contributed by atoms with Crippen LogP contribution in [-0.4, -0.2) is 25.3 Å². The van der Waals surface area contributed by atoms with Crippen LogP contribution in [0.5, 0.6) is 0 Å². The highest BCUT2D eigenvalue weighted by Crippen LogP contribution is 2.28. The second-order valence-corrected chi connectivity index (χ2v) is 5.27. The molecule has 1 saturated heterocycles. The molecule has 0 aliphatic carbocycles. The zero-order valence-electron chi connectivity index (χ0n) is 10.1. The van der Waals surface area contributed by atoms with Gasteiger partial charge in [0.1, 0.15) is 0 Å². The Morgan fingerprint density at radius 2 is 1.94 bits per heavy atom. The Hall–Kier alpha value is -0.440. The normalized spacial score (nSPS) is 25.1. The van der Waals surface area contributed by atoms with E-state index >= 15 is 0 Å². The molecular formula is C13H17Cl2NO. The van der Waals surface area contributed by atoms with Gasteiger partial charge in [-0.05, 0) is 31.5 Å². The van der Waals surface area contributed by atoms with Gasteiger partial charge < -0.3 is 9.64 Å². The van der Waals surface area contributed by atoms with Gasteiger partial charge in [0.15, 0.2) is 0 Å². The predicted octanol–water partition coefficient (Wildman–Crippen LogP) is 3.69. The van der Waals surface area contributed by atoms with Gasteiger partial charge in [-0.2, -0.15) is 0 Å². The molecule has 0 radical (unpaired) electrons. The fourth-order valence-electron chi connectivity index (χ4n) is 2.32. The van der Waals surface area contributed by atoms with Crippen molar-refractivity contribution in [3.05, 3.63) is 28.8 Å². The van der Waals surface area contributed by atoms with Crippen molar-refractivity contribution >= 4 is 28.9 Å². The molecule has 0 saturated carbocycles. The van der Waals surface area contributed by atoms with E-state index in [0.717, 1.165) is 29.4 Å². The van der Waals surface area contributed by atoms with Crippen LogP contribution in [0.25, 0.3) is 0 Å². The zero-order valence-corrected chi connectivity index (χ0v) is 11.6. The monoisotopic (exact) mass is 273 g/mol. The number of hydrogen-bond donors (Lipinski definition) is 0. The first-order valence-corrected chi connectivity index (χ1v) is 6.76. The van der Waals surface area contributed by atoms with Gasteiger partial charge in [-0.1, -0.05) is 17.7 Å². The third-order valence-corrected chi connectivity index (χ3v) is 3.47. The lowest BCUT2D eigenvalue weighted by Gasteiger charge is -2.37. The molecule has 1 aliphatic heterocycles. The summed E-state index contributed by atoms with van der Waals surface area (Å²) in [7, 11) is 0. The minimum atomic E-state index is 0.237. The summed E-state index contributed by atoms with van der Waals surface area (Å²) in [4.78, 5) is 2.31. The Morgan fingerprint density at radius 1 is 1.29 bits per heavy atom. The summed E-state index contributed by atoms with van der Waals surface area (Å²) >= 11 is 12.0.